The van der Waals surface area contributed by atoms with Gasteiger partial charge in [0.1, 0.15) is 6.04 Å². The van der Waals surface area contributed by atoms with Gasteiger partial charge >= 0.3 is 11.9 Å². The minimum absolute atomic E-state index is 0.0731. The van der Waals surface area contributed by atoms with Crippen molar-refractivity contribution >= 4 is 17.8 Å². The molecule has 0 spiro atoms. The second kappa shape index (κ2) is 10.3. The predicted molar refractivity (Wildman–Crippen MR) is 69.3 cm³/mol. The quantitative estimate of drug-likeness (QED) is 0.638. The van der Waals surface area contributed by atoms with Crippen molar-refractivity contribution in [2.24, 2.45) is 0 Å². The van der Waals surface area contributed by atoms with Crippen molar-refractivity contribution in [1.82, 2.24) is 5.32 Å². The van der Waals surface area contributed by atoms with Crippen LogP contribution in [0.5, 0.6) is 0 Å². The summed E-state index contributed by atoms with van der Waals surface area (Å²) in [6.45, 7) is 5.80. The molecule has 1 amide bonds. The summed E-state index contributed by atoms with van der Waals surface area (Å²) in [7, 11) is 0. The minimum Gasteiger partial charge on any atom is -0.466 e. The molecular weight excluding hydrogens is 250 g/mol. The SMILES string of the molecule is CCCC(=O)N[C@H](CCC(=O)OCC)C(=O)OCC. The van der Waals surface area contributed by atoms with Crippen LogP contribution in [-0.2, 0) is 23.9 Å². The first-order chi connectivity index (χ1) is 9.04. The predicted octanol–water partition coefficient (Wildman–Crippen LogP) is 1.18. The number of ether oxygens (including phenoxy) is 2. The lowest BCUT2D eigenvalue weighted by Gasteiger charge is -2.16. The third-order valence-corrected chi connectivity index (χ3v) is 2.33. The van der Waals surface area contributed by atoms with E-state index < -0.39 is 12.0 Å². The van der Waals surface area contributed by atoms with Crippen LogP contribution >= 0.6 is 0 Å². The highest BCUT2D eigenvalue weighted by Crippen LogP contribution is 2.03. The fraction of sp³-hybridized carbons (Fsp3) is 0.769. The first-order valence-electron chi connectivity index (χ1n) is 6.66. The summed E-state index contributed by atoms with van der Waals surface area (Å²) in [5.74, 6) is -1.12. The van der Waals surface area contributed by atoms with Crippen molar-refractivity contribution in [1.29, 1.82) is 0 Å². The lowest BCUT2D eigenvalue weighted by Crippen LogP contribution is -2.42. The summed E-state index contributed by atoms with van der Waals surface area (Å²) in [5, 5.41) is 2.58. The number of carbonyl (C=O) groups is 3. The van der Waals surface area contributed by atoms with E-state index in [1.807, 2.05) is 6.92 Å². The first-order valence-corrected chi connectivity index (χ1v) is 6.66. The van der Waals surface area contributed by atoms with Gasteiger partial charge in [-0.15, -0.1) is 0 Å². The molecule has 0 saturated heterocycles. The number of amides is 1. The molecule has 6 nitrogen and oxygen atoms in total. The molecule has 0 radical (unpaired) electrons. The normalized spacial score (nSPS) is 11.5. The summed E-state index contributed by atoms with van der Waals surface area (Å²) in [4.78, 5) is 34.4. The van der Waals surface area contributed by atoms with Gasteiger partial charge in [-0.3, -0.25) is 9.59 Å². The van der Waals surface area contributed by atoms with Crippen LogP contribution in [-0.4, -0.2) is 37.1 Å². The number of hydrogen-bond donors (Lipinski definition) is 1. The zero-order valence-corrected chi connectivity index (χ0v) is 11.9. The molecule has 1 atom stereocenters. The standard InChI is InChI=1S/C13H23NO5/c1-4-7-11(15)14-10(13(17)19-6-3)8-9-12(16)18-5-2/h10H,4-9H2,1-3H3,(H,14,15)/t10-/m1/s1. The third kappa shape index (κ3) is 8.18. The van der Waals surface area contributed by atoms with Crippen molar-refractivity contribution in [3.8, 4) is 0 Å². The molecule has 0 aromatic heterocycles. The van der Waals surface area contributed by atoms with Crippen molar-refractivity contribution in [3.05, 3.63) is 0 Å². The molecule has 0 rings (SSSR count). The molecule has 0 unspecified atom stereocenters. The Morgan fingerprint density at radius 1 is 1.00 bits per heavy atom. The van der Waals surface area contributed by atoms with Crippen LogP contribution in [0.4, 0.5) is 0 Å². The Hall–Kier alpha value is -1.59. The average Bonchev–Trinajstić information content (AvgIpc) is 2.35. The molecule has 6 heteroatoms. The zero-order valence-electron chi connectivity index (χ0n) is 11.9. The van der Waals surface area contributed by atoms with Gasteiger partial charge in [0.15, 0.2) is 0 Å². The monoisotopic (exact) mass is 273 g/mol. The fourth-order valence-electron chi connectivity index (χ4n) is 1.48. The van der Waals surface area contributed by atoms with Crippen molar-refractivity contribution in [2.45, 2.75) is 52.5 Å². The van der Waals surface area contributed by atoms with Crippen LogP contribution in [0.2, 0.25) is 0 Å². The zero-order chi connectivity index (χ0) is 14.7. The van der Waals surface area contributed by atoms with E-state index in [9.17, 15) is 14.4 Å². The Labute approximate surface area is 113 Å². The van der Waals surface area contributed by atoms with Gasteiger partial charge in [-0.05, 0) is 26.7 Å². The topological polar surface area (TPSA) is 81.7 Å². The van der Waals surface area contributed by atoms with Gasteiger partial charge in [-0.25, -0.2) is 4.79 Å². The van der Waals surface area contributed by atoms with E-state index in [-0.39, 0.29) is 31.3 Å². The van der Waals surface area contributed by atoms with Gasteiger partial charge in [-0.1, -0.05) is 6.92 Å². The lowest BCUT2D eigenvalue weighted by atomic mass is 10.1. The van der Waals surface area contributed by atoms with Crippen LogP contribution in [0, 0.1) is 0 Å². The highest BCUT2D eigenvalue weighted by Gasteiger charge is 2.22. The molecule has 0 fully saturated rings. The number of esters is 2. The number of rotatable bonds is 9. The molecule has 0 aliphatic rings. The molecule has 0 aromatic rings. The molecule has 0 saturated carbocycles. The van der Waals surface area contributed by atoms with E-state index in [0.29, 0.717) is 19.4 Å². The van der Waals surface area contributed by atoms with Gasteiger partial charge in [0, 0.05) is 12.8 Å². The van der Waals surface area contributed by atoms with Crippen molar-refractivity contribution in [2.75, 3.05) is 13.2 Å². The molecule has 0 aromatic carbocycles. The Morgan fingerprint density at radius 2 is 1.63 bits per heavy atom. The van der Waals surface area contributed by atoms with E-state index >= 15 is 0 Å². The van der Waals surface area contributed by atoms with Crippen molar-refractivity contribution in [3.63, 3.8) is 0 Å². The maximum atomic E-state index is 11.7. The largest absolute Gasteiger partial charge is 0.466 e. The van der Waals surface area contributed by atoms with Gasteiger partial charge in [0.2, 0.25) is 5.91 Å². The fourth-order valence-corrected chi connectivity index (χ4v) is 1.48. The highest BCUT2D eigenvalue weighted by atomic mass is 16.5. The molecule has 0 bridgehead atoms. The summed E-state index contributed by atoms with van der Waals surface area (Å²) >= 11 is 0. The van der Waals surface area contributed by atoms with Crippen molar-refractivity contribution < 1.29 is 23.9 Å². The van der Waals surface area contributed by atoms with Crippen LogP contribution in [0.1, 0.15) is 46.5 Å². The molecule has 110 valence electrons. The molecular formula is C13H23NO5. The second-order valence-corrected chi connectivity index (χ2v) is 3.97. The molecule has 1 N–H and O–H groups in total. The summed E-state index contributed by atoms with van der Waals surface area (Å²) in [6.07, 6.45) is 1.30. The van der Waals surface area contributed by atoms with E-state index in [0.717, 1.165) is 0 Å². The van der Waals surface area contributed by atoms with E-state index in [1.54, 1.807) is 13.8 Å². The number of nitrogens with one attached hydrogen (secondary N) is 1. The summed E-state index contributed by atoms with van der Waals surface area (Å²) in [6, 6.07) is -0.789. The summed E-state index contributed by atoms with van der Waals surface area (Å²) < 4.78 is 9.65. The smallest absolute Gasteiger partial charge is 0.328 e. The highest BCUT2D eigenvalue weighted by molar-refractivity contribution is 5.84. The minimum atomic E-state index is -0.789. The Kier molecular flexibility index (Phi) is 9.48. The summed E-state index contributed by atoms with van der Waals surface area (Å²) in [5.41, 5.74) is 0. The van der Waals surface area contributed by atoms with Gasteiger partial charge < -0.3 is 14.8 Å². The lowest BCUT2D eigenvalue weighted by molar-refractivity contribution is -0.148. The Balaban J connectivity index is 4.37. The van der Waals surface area contributed by atoms with Crippen LogP contribution in [0.15, 0.2) is 0 Å². The number of hydrogen-bond acceptors (Lipinski definition) is 5. The van der Waals surface area contributed by atoms with Gasteiger partial charge in [-0.2, -0.15) is 0 Å². The first kappa shape index (κ1) is 17.4. The molecule has 0 aliphatic heterocycles. The molecule has 0 aliphatic carbocycles. The van der Waals surface area contributed by atoms with Crippen LogP contribution in [0.25, 0.3) is 0 Å². The van der Waals surface area contributed by atoms with E-state index in [2.05, 4.69) is 5.32 Å². The van der Waals surface area contributed by atoms with Gasteiger partial charge in [0.25, 0.3) is 0 Å². The maximum Gasteiger partial charge on any atom is 0.328 e. The number of carbonyl (C=O) groups excluding carboxylic acids is 3. The van der Waals surface area contributed by atoms with E-state index in [4.69, 9.17) is 9.47 Å². The van der Waals surface area contributed by atoms with Crippen LogP contribution in [0.3, 0.4) is 0 Å². The second-order valence-electron chi connectivity index (χ2n) is 3.97. The maximum absolute atomic E-state index is 11.7. The van der Waals surface area contributed by atoms with Crippen LogP contribution < -0.4 is 5.32 Å². The Morgan fingerprint density at radius 3 is 2.16 bits per heavy atom. The Bertz CT molecular complexity index is 303. The van der Waals surface area contributed by atoms with Gasteiger partial charge in [0.05, 0.1) is 13.2 Å². The third-order valence-electron chi connectivity index (χ3n) is 2.33. The van der Waals surface area contributed by atoms with E-state index in [1.165, 1.54) is 0 Å². The average molecular weight is 273 g/mol. The molecule has 19 heavy (non-hydrogen) atoms. The molecule has 0 heterocycles.